The van der Waals surface area contributed by atoms with E-state index in [1.807, 2.05) is 13.8 Å². The van der Waals surface area contributed by atoms with E-state index in [2.05, 4.69) is 16.0 Å². The van der Waals surface area contributed by atoms with Gasteiger partial charge in [-0.05, 0) is 32.8 Å². The third-order valence-electron chi connectivity index (χ3n) is 3.27. The summed E-state index contributed by atoms with van der Waals surface area (Å²) in [6.07, 6.45) is 6.58. The minimum atomic E-state index is -0.0951. The first-order valence-corrected chi connectivity index (χ1v) is 6.60. The maximum Gasteiger partial charge on any atom is 0.146 e. The maximum atomic E-state index is 6.06. The largest absolute Gasteiger partial charge is 0.237 e. The predicted octanol–water partition coefficient (Wildman–Crippen LogP) is 4.13. The van der Waals surface area contributed by atoms with Gasteiger partial charge in [0, 0.05) is 17.3 Å². The van der Waals surface area contributed by atoms with Gasteiger partial charge in [-0.3, -0.25) is 0 Å². The SMILES string of the molecule is Cc1cc(C2CCCCC2)nc(C(C)Cl)n1. The summed E-state index contributed by atoms with van der Waals surface area (Å²) in [5.41, 5.74) is 2.24. The number of rotatable bonds is 2. The number of hydrogen-bond donors (Lipinski definition) is 0. The first-order valence-electron chi connectivity index (χ1n) is 6.16. The molecule has 0 amide bonds. The molecular formula is C13H19ClN2. The van der Waals surface area contributed by atoms with E-state index in [0.29, 0.717) is 5.92 Å². The van der Waals surface area contributed by atoms with Gasteiger partial charge in [0.05, 0.1) is 5.38 Å². The first kappa shape index (κ1) is 11.8. The number of aromatic nitrogens is 2. The van der Waals surface area contributed by atoms with Crippen LogP contribution in [0.15, 0.2) is 6.07 Å². The van der Waals surface area contributed by atoms with E-state index in [1.165, 1.54) is 37.8 Å². The molecule has 1 aromatic rings. The van der Waals surface area contributed by atoms with Gasteiger partial charge in [-0.25, -0.2) is 9.97 Å². The van der Waals surface area contributed by atoms with Crippen LogP contribution in [-0.4, -0.2) is 9.97 Å². The van der Waals surface area contributed by atoms with Crippen molar-refractivity contribution in [2.75, 3.05) is 0 Å². The molecule has 0 N–H and O–H groups in total. The van der Waals surface area contributed by atoms with Gasteiger partial charge in [0.25, 0.3) is 0 Å². The van der Waals surface area contributed by atoms with Crippen LogP contribution in [0.25, 0.3) is 0 Å². The molecule has 0 spiro atoms. The normalized spacial score (nSPS) is 19.7. The molecule has 0 aliphatic heterocycles. The number of hydrogen-bond acceptors (Lipinski definition) is 2. The molecule has 0 saturated heterocycles. The standard InChI is InChI=1S/C13H19ClN2/c1-9-8-12(11-6-4-3-5-7-11)16-13(15-9)10(2)14/h8,10-11H,3-7H2,1-2H3. The Kier molecular flexibility index (Phi) is 3.80. The summed E-state index contributed by atoms with van der Waals surface area (Å²) in [6, 6.07) is 2.12. The second kappa shape index (κ2) is 5.13. The molecule has 3 heteroatoms. The highest BCUT2D eigenvalue weighted by atomic mass is 35.5. The van der Waals surface area contributed by atoms with Gasteiger partial charge < -0.3 is 0 Å². The highest BCUT2D eigenvalue weighted by Crippen LogP contribution is 2.32. The Labute approximate surface area is 102 Å². The molecule has 0 aromatic carbocycles. The molecule has 16 heavy (non-hydrogen) atoms. The number of halogens is 1. The van der Waals surface area contributed by atoms with E-state index in [0.717, 1.165) is 11.5 Å². The van der Waals surface area contributed by atoms with E-state index in [4.69, 9.17) is 11.6 Å². The van der Waals surface area contributed by atoms with E-state index < -0.39 is 0 Å². The van der Waals surface area contributed by atoms with Crippen LogP contribution < -0.4 is 0 Å². The fraction of sp³-hybridized carbons (Fsp3) is 0.692. The molecule has 1 saturated carbocycles. The maximum absolute atomic E-state index is 6.06. The van der Waals surface area contributed by atoms with E-state index >= 15 is 0 Å². The molecule has 1 heterocycles. The van der Waals surface area contributed by atoms with Crippen LogP contribution in [0.1, 0.15) is 67.5 Å². The van der Waals surface area contributed by atoms with E-state index in [1.54, 1.807) is 0 Å². The highest BCUT2D eigenvalue weighted by Gasteiger charge is 2.18. The van der Waals surface area contributed by atoms with Gasteiger partial charge in [0.2, 0.25) is 0 Å². The monoisotopic (exact) mass is 238 g/mol. The summed E-state index contributed by atoms with van der Waals surface area (Å²) in [5.74, 6) is 1.41. The first-order chi connectivity index (χ1) is 7.66. The summed E-state index contributed by atoms with van der Waals surface area (Å²) in [6.45, 7) is 3.96. The third-order valence-corrected chi connectivity index (χ3v) is 3.47. The lowest BCUT2D eigenvalue weighted by Gasteiger charge is -2.21. The van der Waals surface area contributed by atoms with Crippen molar-refractivity contribution < 1.29 is 0 Å². The molecule has 1 atom stereocenters. The topological polar surface area (TPSA) is 25.8 Å². The fourth-order valence-corrected chi connectivity index (χ4v) is 2.50. The lowest BCUT2D eigenvalue weighted by molar-refractivity contribution is 0.435. The van der Waals surface area contributed by atoms with Crippen molar-refractivity contribution in [3.05, 3.63) is 23.3 Å². The second-order valence-corrected chi connectivity index (χ2v) is 5.40. The molecule has 88 valence electrons. The Bertz CT molecular complexity index is 357. The van der Waals surface area contributed by atoms with Gasteiger partial charge >= 0.3 is 0 Å². The summed E-state index contributed by atoms with van der Waals surface area (Å²) in [4.78, 5) is 9.00. The lowest BCUT2D eigenvalue weighted by atomic mass is 9.86. The Balaban J connectivity index is 2.25. The third kappa shape index (κ3) is 2.73. The van der Waals surface area contributed by atoms with Crippen molar-refractivity contribution in [1.29, 1.82) is 0 Å². The molecule has 1 aliphatic carbocycles. The molecular weight excluding hydrogens is 220 g/mol. The Morgan fingerprint density at radius 2 is 1.94 bits per heavy atom. The van der Waals surface area contributed by atoms with E-state index in [9.17, 15) is 0 Å². The number of nitrogens with zero attached hydrogens (tertiary/aromatic N) is 2. The molecule has 1 aliphatic rings. The second-order valence-electron chi connectivity index (χ2n) is 4.74. The molecule has 1 fully saturated rings. The summed E-state index contributed by atoms with van der Waals surface area (Å²) in [7, 11) is 0. The zero-order valence-corrected chi connectivity index (χ0v) is 10.8. The Morgan fingerprint density at radius 3 is 2.56 bits per heavy atom. The molecule has 0 bridgehead atoms. The van der Waals surface area contributed by atoms with Crippen molar-refractivity contribution in [2.45, 2.75) is 57.2 Å². The Hall–Kier alpha value is -0.630. The van der Waals surface area contributed by atoms with Gasteiger partial charge in [-0.1, -0.05) is 19.3 Å². The number of aryl methyl sites for hydroxylation is 1. The van der Waals surface area contributed by atoms with Crippen LogP contribution in [0.2, 0.25) is 0 Å². The summed E-state index contributed by atoms with van der Waals surface area (Å²) >= 11 is 6.06. The number of alkyl halides is 1. The summed E-state index contributed by atoms with van der Waals surface area (Å²) < 4.78 is 0. The molecule has 2 rings (SSSR count). The highest BCUT2D eigenvalue weighted by molar-refractivity contribution is 6.20. The molecule has 1 unspecified atom stereocenters. The van der Waals surface area contributed by atoms with Crippen molar-refractivity contribution in [3.63, 3.8) is 0 Å². The van der Waals surface area contributed by atoms with Gasteiger partial charge in [0.1, 0.15) is 5.82 Å². The van der Waals surface area contributed by atoms with Crippen LogP contribution in [-0.2, 0) is 0 Å². The van der Waals surface area contributed by atoms with Crippen molar-refractivity contribution in [2.24, 2.45) is 0 Å². The molecule has 0 radical (unpaired) electrons. The van der Waals surface area contributed by atoms with Crippen molar-refractivity contribution >= 4 is 11.6 Å². The molecule has 1 aromatic heterocycles. The average molecular weight is 239 g/mol. The van der Waals surface area contributed by atoms with Crippen molar-refractivity contribution in [1.82, 2.24) is 9.97 Å². The van der Waals surface area contributed by atoms with Gasteiger partial charge in [-0.15, -0.1) is 11.6 Å². The van der Waals surface area contributed by atoms with E-state index in [-0.39, 0.29) is 5.38 Å². The van der Waals surface area contributed by atoms with Crippen LogP contribution >= 0.6 is 11.6 Å². The minimum absolute atomic E-state index is 0.0951. The predicted molar refractivity (Wildman–Crippen MR) is 66.9 cm³/mol. The van der Waals surface area contributed by atoms with Gasteiger partial charge in [0.15, 0.2) is 0 Å². The molecule has 2 nitrogen and oxygen atoms in total. The fourth-order valence-electron chi connectivity index (χ4n) is 2.40. The van der Waals surface area contributed by atoms with Crippen LogP contribution in [0, 0.1) is 6.92 Å². The van der Waals surface area contributed by atoms with Crippen LogP contribution in [0.5, 0.6) is 0 Å². The summed E-state index contributed by atoms with van der Waals surface area (Å²) in [5, 5.41) is -0.0951. The Morgan fingerprint density at radius 1 is 1.25 bits per heavy atom. The zero-order valence-electron chi connectivity index (χ0n) is 10.0. The van der Waals surface area contributed by atoms with Crippen LogP contribution in [0.4, 0.5) is 0 Å². The van der Waals surface area contributed by atoms with Crippen LogP contribution in [0.3, 0.4) is 0 Å². The quantitative estimate of drug-likeness (QED) is 0.724. The van der Waals surface area contributed by atoms with Gasteiger partial charge in [-0.2, -0.15) is 0 Å². The average Bonchev–Trinajstić information content (AvgIpc) is 2.29. The lowest BCUT2D eigenvalue weighted by Crippen LogP contribution is -2.10. The smallest absolute Gasteiger partial charge is 0.146 e. The minimum Gasteiger partial charge on any atom is -0.237 e. The van der Waals surface area contributed by atoms with Crippen molar-refractivity contribution in [3.8, 4) is 0 Å². The zero-order chi connectivity index (χ0) is 11.5.